The molecule has 0 amide bonds. The summed E-state index contributed by atoms with van der Waals surface area (Å²) in [5, 5.41) is 3.16. The van der Waals surface area contributed by atoms with E-state index in [2.05, 4.69) is 59.4 Å². The van der Waals surface area contributed by atoms with E-state index < -0.39 is 0 Å². The van der Waals surface area contributed by atoms with Crippen LogP contribution < -0.4 is 5.32 Å². The van der Waals surface area contributed by atoms with Crippen LogP contribution in [0.25, 0.3) is 11.0 Å². The number of nitrogens with one attached hydrogen (secondary N) is 1. The van der Waals surface area contributed by atoms with Crippen molar-refractivity contribution in [3.8, 4) is 0 Å². The molecule has 0 saturated heterocycles. The molecule has 1 aromatic heterocycles. The number of aryl methyl sites for hydroxylation is 1. The van der Waals surface area contributed by atoms with Crippen molar-refractivity contribution in [3.63, 3.8) is 0 Å². The molecule has 96 valence electrons. The van der Waals surface area contributed by atoms with Crippen LogP contribution in [0.5, 0.6) is 0 Å². The minimum Gasteiger partial charge on any atom is -0.388 e. The van der Waals surface area contributed by atoms with E-state index in [0.29, 0.717) is 0 Å². The van der Waals surface area contributed by atoms with Gasteiger partial charge in [0.05, 0.1) is 11.0 Å². The number of aromatic nitrogens is 2. The average molecular weight is 251 g/mol. The molecule has 3 rings (SSSR count). The molecule has 0 aliphatic heterocycles. The molecule has 0 unspecified atom stereocenters. The number of nitrogens with zero attached hydrogens (tertiary/aromatic N) is 2. The Bertz CT molecular complexity index is 699. The van der Waals surface area contributed by atoms with Crippen LogP contribution in [0.3, 0.4) is 0 Å². The maximum Gasteiger partial charge on any atom is 0.114 e. The fraction of sp³-hybridized carbons (Fsp3) is 0.188. The molecule has 0 aliphatic rings. The highest BCUT2D eigenvalue weighted by molar-refractivity contribution is 5.80. The van der Waals surface area contributed by atoms with E-state index in [0.717, 1.165) is 29.0 Å². The lowest BCUT2D eigenvalue weighted by molar-refractivity contribution is 0.845. The minimum atomic E-state index is 0.862. The summed E-state index contributed by atoms with van der Waals surface area (Å²) >= 11 is 0. The Morgan fingerprint density at radius 1 is 1.11 bits per heavy atom. The molecular weight excluding hydrogens is 234 g/mol. The number of fused-ring (bicyclic) bond motifs is 1. The molecule has 0 atom stereocenters. The van der Waals surface area contributed by atoms with Crippen LogP contribution in [0.2, 0.25) is 0 Å². The lowest BCUT2D eigenvalue weighted by Crippen LogP contribution is -1.99. The van der Waals surface area contributed by atoms with Crippen LogP contribution in [0, 0.1) is 0 Å². The second-order valence-corrected chi connectivity index (χ2v) is 4.70. The minimum absolute atomic E-state index is 0.862. The third kappa shape index (κ3) is 2.19. The van der Waals surface area contributed by atoms with E-state index in [1.807, 2.05) is 13.1 Å². The highest BCUT2D eigenvalue weighted by Gasteiger charge is 2.08. The molecule has 0 fully saturated rings. The maximum atomic E-state index is 4.72. The first kappa shape index (κ1) is 11.8. The second-order valence-electron chi connectivity index (χ2n) is 4.70. The van der Waals surface area contributed by atoms with Crippen molar-refractivity contribution in [3.05, 3.63) is 59.9 Å². The van der Waals surface area contributed by atoms with Crippen molar-refractivity contribution in [1.29, 1.82) is 0 Å². The fourth-order valence-corrected chi connectivity index (χ4v) is 2.33. The van der Waals surface area contributed by atoms with Crippen LogP contribution >= 0.6 is 0 Å². The highest BCUT2D eigenvalue weighted by Crippen LogP contribution is 2.20. The number of hydrogen-bond donors (Lipinski definition) is 1. The molecule has 0 bridgehead atoms. The van der Waals surface area contributed by atoms with Gasteiger partial charge >= 0.3 is 0 Å². The molecule has 0 saturated carbocycles. The van der Waals surface area contributed by atoms with Crippen LogP contribution in [-0.4, -0.2) is 16.6 Å². The number of hydrogen-bond acceptors (Lipinski definition) is 2. The van der Waals surface area contributed by atoms with Gasteiger partial charge in [0, 0.05) is 26.2 Å². The zero-order valence-electron chi connectivity index (χ0n) is 11.2. The molecular formula is C16H17N3. The zero-order chi connectivity index (χ0) is 13.2. The summed E-state index contributed by atoms with van der Waals surface area (Å²) in [6, 6.07) is 16.7. The number of anilines is 1. The summed E-state index contributed by atoms with van der Waals surface area (Å²) in [7, 11) is 4.01. The predicted molar refractivity (Wildman–Crippen MR) is 79.5 cm³/mol. The quantitative estimate of drug-likeness (QED) is 0.774. The SMILES string of the molecule is CNc1ccc2nc(Cc3ccccc3)n(C)c2c1. The van der Waals surface area contributed by atoms with Crippen molar-refractivity contribution in [2.45, 2.75) is 6.42 Å². The van der Waals surface area contributed by atoms with Gasteiger partial charge in [-0.15, -0.1) is 0 Å². The van der Waals surface area contributed by atoms with E-state index >= 15 is 0 Å². The summed E-state index contributed by atoms with van der Waals surface area (Å²) < 4.78 is 2.17. The smallest absolute Gasteiger partial charge is 0.114 e. The fourth-order valence-electron chi connectivity index (χ4n) is 2.33. The van der Waals surface area contributed by atoms with Gasteiger partial charge in [-0.05, 0) is 23.8 Å². The van der Waals surface area contributed by atoms with Gasteiger partial charge in [0.25, 0.3) is 0 Å². The van der Waals surface area contributed by atoms with Crippen molar-refractivity contribution >= 4 is 16.7 Å². The summed E-state index contributed by atoms with van der Waals surface area (Å²) in [5.41, 5.74) is 4.61. The first-order chi connectivity index (χ1) is 9.28. The van der Waals surface area contributed by atoms with Gasteiger partial charge in [0.2, 0.25) is 0 Å². The molecule has 1 heterocycles. The van der Waals surface area contributed by atoms with Crippen molar-refractivity contribution < 1.29 is 0 Å². The number of rotatable bonds is 3. The largest absolute Gasteiger partial charge is 0.388 e. The number of imidazole rings is 1. The lowest BCUT2D eigenvalue weighted by Gasteiger charge is -2.03. The maximum absolute atomic E-state index is 4.72. The molecule has 3 nitrogen and oxygen atoms in total. The van der Waals surface area contributed by atoms with Gasteiger partial charge in [-0.25, -0.2) is 4.98 Å². The summed E-state index contributed by atoms with van der Waals surface area (Å²) in [6.45, 7) is 0. The van der Waals surface area contributed by atoms with E-state index in [-0.39, 0.29) is 0 Å². The van der Waals surface area contributed by atoms with Gasteiger partial charge in [-0.2, -0.15) is 0 Å². The van der Waals surface area contributed by atoms with Crippen LogP contribution in [0.4, 0.5) is 5.69 Å². The third-order valence-electron chi connectivity index (χ3n) is 3.47. The molecule has 3 aromatic rings. The Morgan fingerprint density at radius 2 is 1.89 bits per heavy atom. The van der Waals surface area contributed by atoms with Crippen molar-refractivity contribution in [2.24, 2.45) is 7.05 Å². The topological polar surface area (TPSA) is 29.9 Å². The third-order valence-corrected chi connectivity index (χ3v) is 3.47. The summed E-state index contributed by atoms with van der Waals surface area (Å²) in [4.78, 5) is 4.72. The van der Waals surface area contributed by atoms with Crippen LogP contribution in [0.1, 0.15) is 11.4 Å². The van der Waals surface area contributed by atoms with E-state index in [1.54, 1.807) is 0 Å². The van der Waals surface area contributed by atoms with Gasteiger partial charge in [0.1, 0.15) is 5.82 Å². The predicted octanol–water partition coefficient (Wildman–Crippen LogP) is 3.21. The number of benzene rings is 2. The van der Waals surface area contributed by atoms with Gasteiger partial charge in [-0.3, -0.25) is 0 Å². The lowest BCUT2D eigenvalue weighted by atomic mass is 10.1. The Morgan fingerprint density at radius 3 is 2.63 bits per heavy atom. The van der Waals surface area contributed by atoms with E-state index in [9.17, 15) is 0 Å². The Balaban J connectivity index is 2.03. The summed E-state index contributed by atoms with van der Waals surface area (Å²) in [5.74, 6) is 1.09. The molecule has 3 heteroatoms. The molecule has 2 aromatic carbocycles. The molecule has 0 radical (unpaired) electrons. The van der Waals surface area contributed by atoms with Crippen molar-refractivity contribution in [2.75, 3.05) is 12.4 Å². The first-order valence-electron chi connectivity index (χ1n) is 6.45. The van der Waals surface area contributed by atoms with Crippen molar-refractivity contribution in [1.82, 2.24) is 9.55 Å². The Hall–Kier alpha value is -2.29. The monoisotopic (exact) mass is 251 g/mol. The molecule has 0 spiro atoms. The van der Waals surface area contributed by atoms with Crippen LogP contribution in [0.15, 0.2) is 48.5 Å². The Kier molecular flexibility index (Phi) is 2.95. The van der Waals surface area contributed by atoms with E-state index in [4.69, 9.17) is 4.98 Å². The van der Waals surface area contributed by atoms with Gasteiger partial charge in [0.15, 0.2) is 0 Å². The Labute approximate surface area is 112 Å². The standard InChI is InChI=1S/C16H17N3/c1-17-13-8-9-14-15(11-13)19(2)16(18-14)10-12-6-4-3-5-7-12/h3-9,11,17H,10H2,1-2H3. The summed E-state index contributed by atoms with van der Waals surface area (Å²) in [6.07, 6.45) is 0.862. The highest BCUT2D eigenvalue weighted by atomic mass is 15.1. The van der Waals surface area contributed by atoms with Gasteiger partial charge < -0.3 is 9.88 Å². The molecule has 19 heavy (non-hydrogen) atoms. The average Bonchev–Trinajstić information content (AvgIpc) is 2.76. The van der Waals surface area contributed by atoms with Gasteiger partial charge in [-0.1, -0.05) is 30.3 Å². The normalized spacial score (nSPS) is 10.8. The van der Waals surface area contributed by atoms with Crippen LogP contribution in [-0.2, 0) is 13.5 Å². The molecule has 0 aliphatic carbocycles. The second kappa shape index (κ2) is 4.76. The zero-order valence-corrected chi connectivity index (χ0v) is 11.2. The van der Waals surface area contributed by atoms with E-state index in [1.165, 1.54) is 5.56 Å². The first-order valence-corrected chi connectivity index (χ1v) is 6.45. The molecule has 1 N–H and O–H groups in total.